The lowest BCUT2D eigenvalue weighted by molar-refractivity contribution is 0.669. The summed E-state index contributed by atoms with van der Waals surface area (Å²) >= 11 is 0. The fourth-order valence-corrected chi connectivity index (χ4v) is 8.26. The lowest BCUT2D eigenvalue weighted by Crippen LogP contribution is -2.09. The molecule has 2 heterocycles. The monoisotopic (exact) mass is 676 g/mol. The molecule has 0 spiro atoms. The summed E-state index contributed by atoms with van der Waals surface area (Å²) in [6.45, 7) is 0. The molecule has 248 valence electrons. The minimum atomic E-state index is 0.887. The lowest BCUT2D eigenvalue weighted by atomic mass is 10.0. The largest absolute Gasteiger partial charge is 0.456 e. The smallest absolute Gasteiger partial charge is 0.135 e. The molecule has 0 saturated carbocycles. The Kier molecular flexibility index (Phi) is 6.55. The quantitative estimate of drug-likeness (QED) is 0.164. The number of para-hydroxylation sites is 1. The van der Waals surface area contributed by atoms with Crippen LogP contribution < -0.4 is 4.90 Å². The second-order valence-electron chi connectivity index (χ2n) is 13.8. The fraction of sp³-hybridized carbons (Fsp3) is 0. The highest BCUT2D eigenvalue weighted by molar-refractivity contribution is 6.24. The van der Waals surface area contributed by atoms with E-state index in [9.17, 15) is 0 Å². The van der Waals surface area contributed by atoms with Gasteiger partial charge in [-0.2, -0.15) is 0 Å². The summed E-state index contributed by atoms with van der Waals surface area (Å²) in [4.78, 5) is 2.33. The topological polar surface area (TPSA) is 21.3 Å². The average molecular weight is 677 g/mol. The lowest BCUT2D eigenvalue weighted by Gasteiger charge is -2.26. The number of rotatable bonds is 6. The van der Waals surface area contributed by atoms with E-state index in [2.05, 4.69) is 191 Å². The summed E-state index contributed by atoms with van der Waals surface area (Å²) in [6.07, 6.45) is 0. The predicted octanol–water partition coefficient (Wildman–Crippen LogP) is 14.1. The molecule has 0 amide bonds. The molecule has 3 nitrogen and oxygen atoms in total. The summed E-state index contributed by atoms with van der Waals surface area (Å²) in [6, 6.07) is 69.7. The Morgan fingerprint density at radius 2 is 0.906 bits per heavy atom. The molecule has 0 bridgehead atoms. The molecule has 0 saturated heterocycles. The highest BCUT2D eigenvalue weighted by atomic mass is 16.3. The number of hydrogen-bond acceptors (Lipinski definition) is 2. The number of benzene rings is 9. The van der Waals surface area contributed by atoms with Crippen LogP contribution in [-0.2, 0) is 0 Å². The van der Waals surface area contributed by atoms with E-state index in [1.165, 1.54) is 54.8 Å². The van der Waals surface area contributed by atoms with Crippen LogP contribution in [0.3, 0.4) is 0 Å². The zero-order valence-corrected chi connectivity index (χ0v) is 28.8. The molecule has 0 unspecified atom stereocenters. The van der Waals surface area contributed by atoms with Crippen molar-refractivity contribution in [2.45, 2.75) is 0 Å². The van der Waals surface area contributed by atoms with Gasteiger partial charge in [-0.25, -0.2) is 0 Å². The SMILES string of the molecule is c1ccc(-c2ccc(N(c3ccc(-c4cccc(-n5c6cccc7ccc8cccc5c8c76)c4)cc3)c3ccc4oc5ccccc5c4c3)cc2)cc1. The summed E-state index contributed by atoms with van der Waals surface area (Å²) in [5.74, 6) is 0. The van der Waals surface area contributed by atoms with E-state index in [0.717, 1.165) is 44.7 Å². The highest BCUT2D eigenvalue weighted by Crippen LogP contribution is 2.41. The molecule has 0 aliphatic carbocycles. The molecular weight excluding hydrogens is 645 g/mol. The molecule has 0 aliphatic rings. The minimum absolute atomic E-state index is 0.887. The van der Waals surface area contributed by atoms with Gasteiger partial charge in [-0.1, -0.05) is 121 Å². The first-order chi connectivity index (χ1) is 26.3. The second-order valence-corrected chi connectivity index (χ2v) is 13.8. The molecule has 11 aromatic rings. The van der Waals surface area contributed by atoms with Crippen molar-refractivity contribution in [1.29, 1.82) is 0 Å². The van der Waals surface area contributed by atoms with Crippen molar-refractivity contribution in [2.75, 3.05) is 4.90 Å². The summed E-state index contributed by atoms with van der Waals surface area (Å²) in [7, 11) is 0. The van der Waals surface area contributed by atoms with Crippen LogP contribution in [0.5, 0.6) is 0 Å². The first-order valence-electron chi connectivity index (χ1n) is 18.1. The first-order valence-corrected chi connectivity index (χ1v) is 18.1. The number of hydrogen-bond donors (Lipinski definition) is 0. The third-order valence-electron chi connectivity index (χ3n) is 10.7. The van der Waals surface area contributed by atoms with Crippen LogP contribution in [0.1, 0.15) is 0 Å². The van der Waals surface area contributed by atoms with Gasteiger partial charge in [0, 0.05) is 44.3 Å². The van der Waals surface area contributed by atoms with Crippen molar-refractivity contribution in [3.8, 4) is 27.9 Å². The maximum atomic E-state index is 6.20. The number of anilines is 3. The van der Waals surface area contributed by atoms with Gasteiger partial charge in [0.2, 0.25) is 0 Å². The van der Waals surface area contributed by atoms with Crippen LogP contribution >= 0.6 is 0 Å². The normalized spacial score (nSPS) is 11.8. The zero-order chi connectivity index (χ0) is 34.9. The Labute approximate surface area is 306 Å². The molecular formula is C50H32N2O. The maximum Gasteiger partial charge on any atom is 0.135 e. The van der Waals surface area contributed by atoms with Crippen LogP contribution in [0.4, 0.5) is 17.1 Å². The number of aromatic nitrogens is 1. The van der Waals surface area contributed by atoms with Gasteiger partial charge < -0.3 is 13.9 Å². The van der Waals surface area contributed by atoms with Crippen molar-refractivity contribution in [3.63, 3.8) is 0 Å². The zero-order valence-electron chi connectivity index (χ0n) is 28.8. The van der Waals surface area contributed by atoms with Crippen molar-refractivity contribution in [2.24, 2.45) is 0 Å². The van der Waals surface area contributed by atoms with Crippen LogP contribution in [0, 0.1) is 0 Å². The van der Waals surface area contributed by atoms with Crippen LogP contribution in [0.25, 0.3) is 82.5 Å². The van der Waals surface area contributed by atoms with E-state index in [1.54, 1.807) is 0 Å². The molecule has 0 fully saturated rings. The number of furan rings is 1. The molecule has 0 atom stereocenters. The van der Waals surface area contributed by atoms with Gasteiger partial charge in [-0.3, -0.25) is 0 Å². The summed E-state index contributed by atoms with van der Waals surface area (Å²) in [5.41, 5.74) is 13.4. The van der Waals surface area contributed by atoms with Crippen LogP contribution in [0.2, 0.25) is 0 Å². The maximum absolute atomic E-state index is 6.20. The Bertz CT molecular complexity index is 3030. The van der Waals surface area contributed by atoms with Gasteiger partial charge in [0.05, 0.1) is 11.0 Å². The third-order valence-corrected chi connectivity index (χ3v) is 10.7. The Morgan fingerprint density at radius 1 is 0.358 bits per heavy atom. The predicted molar refractivity (Wildman–Crippen MR) is 222 cm³/mol. The summed E-state index contributed by atoms with van der Waals surface area (Å²) < 4.78 is 8.62. The van der Waals surface area contributed by atoms with Crippen molar-refractivity contribution < 1.29 is 4.42 Å². The standard InChI is InChI=1S/C50H32N2O/c1-2-9-33(10-3-1)34-21-25-39(26-22-34)51(42-29-30-48-44(32-42)43-15-4-5-18-47(43)53-48)40-27-23-35(24-28-40)38-13-6-14-41(31-38)52-45-16-7-11-36-19-20-37-12-8-17-46(52)50(37)49(36)45/h1-32H. The van der Waals surface area contributed by atoms with Gasteiger partial charge in [0.25, 0.3) is 0 Å². The van der Waals surface area contributed by atoms with Crippen molar-refractivity contribution >= 4 is 71.6 Å². The molecule has 2 aromatic heterocycles. The Balaban J connectivity index is 1.01. The van der Waals surface area contributed by atoms with Gasteiger partial charge >= 0.3 is 0 Å². The molecule has 3 heteroatoms. The second kappa shape index (κ2) is 11.7. The van der Waals surface area contributed by atoms with E-state index in [4.69, 9.17) is 4.42 Å². The van der Waals surface area contributed by atoms with Gasteiger partial charge in [-0.05, 0) is 106 Å². The van der Waals surface area contributed by atoms with Crippen molar-refractivity contribution in [3.05, 3.63) is 194 Å². The molecule has 9 aromatic carbocycles. The highest BCUT2D eigenvalue weighted by Gasteiger charge is 2.18. The van der Waals surface area contributed by atoms with Gasteiger partial charge in [0.15, 0.2) is 0 Å². The van der Waals surface area contributed by atoms with Crippen molar-refractivity contribution in [1.82, 2.24) is 4.57 Å². The first kappa shape index (κ1) is 29.6. The molecule has 0 aliphatic heterocycles. The van der Waals surface area contributed by atoms with Gasteiger partial charge in [-0.15, -0.1) is 0 Å². The van der Waals surface area contributed by atoms with E-state index >= 15 is 0 Å². The van der Waals surface area contributed by atoms with E-state index < -0.39 is 0 Å². The average Bonchev–Trinajstić information content (AvgIpc) is 3.78. The van der Waals surface area contributed by atoms with Crippen LogP contribution in [0.15, 0.2) is 199 Å². The Morgan fingerprint density at radius 3 is 1.60 bits per heavy atom. The van der Waals surface area contributed by atoms with E-state index in [0.29, 0.717) is 0 Å². The summed E-state index contributed by atoms with van der Waals surface area (Å²) in [5, 5.41) is 7.43. The molecule has 0 radical (unpaired) electrons. The van der Waals surface area contributed by atoms with E-state index in [1.807, 2.05) is 12.1 Å². The number of fused-ring (bicyclic) bond motifs is 3. The fourth-order valence-electron chi connectivity index (χ4n) is 8.26. The molecule has 0 N–H and O–H groups in total. The van der Waals surface area contributed by atoms with Crippen LogP contribution in [-0.4, -0.2) is 4.57 Å². The number of nitrogens with zero attached hydrogens (tertiary/aromatic N) is 2. The third kappa shape index (κ3) is 4.75. The molecule has 53 heavy (non-hydrogen) atoms. The van der Waals surface area contributed by atoms with E-state index in [-0.39, 0.29) is 0 Å². The van der Waals surface area contributed by atoms with Gasteiger partial charge in [0.1, 0.15) is 11.2 Å². The minimum Gasteiger partial charge on any atom is -0.456 e. The molecule has 11 rings (SSSR count). The Hall–Kier alpha value is -7.10.